The Hall–Kier alpha value is -0.860. The van der Waals surface area contributed by atoms with Gasteiger partial charge in [-0.25, -0.2) is 0 Å². The first-order valence-corrected chi connectivity index (χ1v) is 4.82. The number of benzene rings is 1. The van der Waals surface area contributed by atoms with E-state index in [1.54, 1.807) is 0 Å². The molecule has 2 rings (SSSR count). The summed E-state index contributed by atoms with van der Waals surface area (Å²) in [5, 5.41) is 12.6. The van der Waals surface area contributed by atoms with Crippen molar-refractivity contribution in [3.8, 4) is 0 Å². The summed E-state index contributed by atoms with van der Waals surface area (Å²) in [6.45, 7) is 0.181. The number of rotatable bonds is 4. The summed E-state index contributed by atoms with van der Waals surface area (Å²) < 4.78 is 0. The van der Waals surface area contributed by atoms with Gasteiger partial charge >= 0.3 is 0 Å². The van der Waals surface area contributed by atoms with Crippen molar-refractivity contribution < 1.29 is 5.11 Å². The van der Waals surface area contributed by atoms with Crippen LogP contribution in [0.4, 0.5) is 0 Å². The van der Waals surface area contributed by atoms with E-state index in [1.807, 2.05) is 18.2 Å². The quantitative estimate of drug-likeness (QED) is 0.730. The van der Waals surface area contributed by atoms with Crippen molar-refractivity contribution in [2.24, 2.45) is 0 Å². The van der Waals surface area contributed by atoms with Gasteiger partial charge in [0, 0.05) is 6.04 Å². The SMILES string of the molecule is OCC(NC1CC1)c1ccccc1. The van der Waals surface area contributed by atoms with Gasteiger partial charge in [-0.05, 0) is 18.4 Å². The van der Waals surface area contributed by atoms with Crippen molar-refractivity contribution in [3.63, 3.8) is 0 Å². The van der Waals surface area contributed by atoms with Crippen molar-refractivity contribution >= 4 is 0 Å². The first kappa shape index (κ1) is 8.73. The minimum absolute atomic E-state index is 0.119. The second kappa shape index (κ2) is 3.90. The van der Waals surface area contributed by atoms with Crippen LogP contribution in [0.15, 0.2) is 30.3 Å². The molecular weight excluding hydrogens is 162 g/mol. The molecule has 1 aromatic rings. The monoisotopic (exact) mass is 177 g/mol. The van der Waals surface area contributed by atoms with Gasteiger partial charge in [0.1, 0.15) is 0 Å². The third-order valence-electron chi connectivity index (χ3n) is 2.40. The smallest absolute Gasteiger partial charge is 0.0626 e. The highest BCUT2D eigenvalue weighted by Gasteiger charge is 2.24. The molecular formula is C11H15NO. The second-order valence-electron chi connectivity index (χ2n) is 3.59. The Morgan fingerprint density at radius 3 is 2.54 bits per heavy atom. The van der Waals surface area contributed by atoms with Gasteiger partial charge < -0.3 is 10.4 Å². The molecule has 13 heavy (non-hydrogen) atoms. The van der Waals surface area contributed by atoms with Crippen molar-refractivity contribution in [3.05, 3.63) is 35.9 Å². The molecule has 0 aromatic heterocycles. The van der Waals surface area contributed by atoms with Crippen LogP contribution >= 0.6 is 0 Å². The Morgan fingerprint density at radius 1 is 1.31 bits per heavy atom. The molecule has 0 spiro atoms. The molecule has 0 saturated heterocycles. The summed E-state index contributed by atoms with van der Waals surface area (Å²) in [5.74, 6) is 0. The summed E-state index contributed by atoms with van der Waals surface area (Å²) in [4.78, 5) is 0. The van der Waals surface area contributed by atoms with Gasteiger partial charge in [-0.15, -0.1) is 0 Å². The fraction of sp³-hybridized carbons (Fsp3) is 0.455. The van der Waals surface area contributed by atoms with Crippen LogP contribution in [0.25, 0.3) is 0 Å². The number of hydrogen-bond acceptors (Lipinski definition) is 2. The lowest BCUT2D eigenvalue weighted by molar-refractivity contribution is 0.243. The maximum absolute atomic E-state index is 9.19. The maximum Gasteiger partial charge on any atom is 0.0626 e. The number of hydrogen-bond donors (Lipinski definition) is 2. The summed E-state index contributed by atoms with van der Waals surface area (Å²) in [6.07, 6.45) is 2.51. The van der Waals surface area contributed by atoms with E-state index in [-0.39, 0.29) is 12.6 Å². The van der Waals surface area contributed by atoms with Crippen molar-refractivity contribution in [1.82, 2.24) is 5.32 Å². The Kier molecular flexibility index (Phi) is 2.62. The second-order valence-corrected chi connectivity index (χ2v) is 3.59. The van der Waals surface area contributed by atoms with Crippen molar-refractivity contribution in [2.45, 2.75) is 24.9 Å². The van der Waals surface area contributed by atoms with Crippen LogP contribution in [0.5, 0.6) is 0 Å². The standard InChI is InChI=1S/C11H15NO/c13-8-11(12-10-6-7-10)9-4-2-1-3-5-9/h1-5,10-13H,6-8H2. The molecule has 2 heteroatoms. The molecule has 1 saturated carbocycles. The largest absolute Gasteiger partial charge is 0.394 e. The molecule has 70 valence electrons. The lowest BCUT2D eigenvalue weighted by atomic mass is 10.1. The predicted octanol–water partition coefficient (Wildman–Crippen LogP) is 1.47. The van der Waals surface area contributed by atoms with E-state index in [2.05, 4.69) is 17.4 Å². The summed E-state index contributed by atoms with van der Waals surface area (Å²) in [5.41, 5.74) is 1.18. The average molecular weight is 177 g/mol. The predicted molar refractivity (Wildman–Crippen MR) is 52.4 cm³/mol. The van der Waals surface area contributed by atoms with Crippen LogP contribution in [0.2, 0.25) is 0 Å². The molecule has 1 aromatic carbocycles. The minimum atomic E-state index is 0.119. The zero-order chi connectivity index (χ0) is 9.10. The Bertz CT molecular complexity index is 256. The molecule has 0 amide bonds. The van der Waals surface area contributed by atoms with Crippen LogP contribution in [-0.2, 0) is 0 Å². The van der Waals surface area contributed by atoms with E-state index in [0.717, 1.165) is 0 Å². The van der Waals surface area contributed by atoms with Gasteiger partial charge in [-0.3, -0.25) is 0 Å². The number of nitrogens with one attached hydrogen (secondary N) is 1. The highest BCUT2D eigenvalue weighted by atomic mass is 16.3. The molecule has 0 bridgehead atoms. The molecule has 1 unspecified atom stereocenters. The topological polar surface area (TPSA) is 32.3 Å². The molecule has 2 nitrogen and oxygen atoms in total. The van der Waals surface area contributed by atoms with Gasteiger partial charge in [0.05, 0.1) is 12.6 Å². The number of aliphatic hydroxyl groups excluding tert-OH is 1. The van der Waals surface area contributed by atoms with E-state index < -0.39 is 0 Å². The van der Waals surface area contributed by atoms with Gasteiger partial charge in [0.25, 0.3) is 0 Å². The van der Waals surface area contributed by atoms with E-state index in [9.17, 15) is 5.11 Å². The zero-order valence-electron chi connectivity index (χ0n) is 7.61. The first-order valence-electron chi connectivity index (χ1n) is 4.82. The van der Waals surface area contributed by atoms with Crippen LogP contribution < -0.4 is 5.32 Å². The lowest BCUT2D eigenvalue weighted by Gasteiger charge is -2.15. The molecule has 1 fully saturated rings. The van der Waals surface area contributed by atoms with Crippen molar-refractivity contribution in [1.29, 1.82) is 0 Å². The molecule has 0 radical (unpaired) electrons. The number of aliphatic hydroxyl groups is 1. The fourth-order valence-corrected chi connectivity index (χ4v) is 1.47. The van der Waals surface area contributed by atoms with Gasteiger partial charge in [-0.2, -0.15) is 0 Å². The molecule has 1 aliphatic rings. The highest BCUT2D eigenvalue weighted by Crippen LogP contribution is 2.23. The van der Waals surface area contributed by atoms with Crippen LogP contribution in [0.3, 0.4) is 0 Å². The highest BCUT2D eigenvalue weighted by molar-refractivity contribution is 5.19. The molecule has 1 aliphatic carbocycles. The third kappa shape index (κ3) is 2.29. The average Bonchev–Trinajstić information content (AvgIpc) is 2.99. The summed E-state index contributed by atoms with van der Waals surface area (Å²) >= 11 is 0. The Morgan fingerprint density at radius 2 is 2.00 bits per heavy atom. The molecule has 0 aliphatic heterocycles. The van der Waals surface area contributed by atoms with E-state index in [0.29, 0.717) is 6.04 Å². The molecule has 1 atom stereocenters. The summed E-state index contributed by atoms with van der Waals surface area (Å²) in [6, 6.07) is 10.9. The Balaban J connectivity index is 2.02. The first-order chi connectivity index (χ1) is 6.40. The Labute approximate surface area is 78.6 Å². The molecule has 2 N–H and O–H groups in total. The zero-order valence-corrected chi connectivity index (χ0v) is 7.61. The fourth-order valence-electron chi connectivity index (χ4n) is 1.47. The van der Waals surface area contributed by atoms with E-state index in [4.69, 9.17) is 0 Å². The molecule has 0 heterocycles. The summed E-state index contributed by atoms with van der Waals surface area (Å²) in [7, 11) is 0. The van der Waals surface area contributed by atoms with E-state index >= 15 is 0 Å². The van der Waals surface area contributed by atoms with Crippen LogP contribution in [0.1, 0.15) is 24.4 Å². The van der Waals surface area contributed by atoms with E-state index in [1.165, 1.54) is 18.4 Å². The maximum atomic E-state index is 9.19. The van der Waals surface area contributed by atoms with Crippen molar-refractivity contribution in [2.75, 3.05) is 6.61 Å². The minimum Gasteiger partial charge on any atom is -0.394 e. The van der Waals surface area contributed by atoms with Crippen LogP contribution in [-0.4, -0.2) is 17.8 Å². The normalized spacial score (nSPS) is 18.5. The van der Waals surface area contributed by atoms with Crippen LogP contribution in [0, 0.1) is 0 Å². The van der Waals surface area contributed by atoms with Gasteiger partial charge in [-0.1, -0.05) is 30.3 Å². The van der Waals surface area contributed by atoms with Gasteiger partial charge in [0.2, 0.25) is 0 Å². The third-order valence-corrected chi connectivity index (χ3v) is 2.40. The lowest BCUT2D eigenvalue weighted by Crippen LogP contribution is -2.26. The van der Waals surface area contributed by atoms with Gasteiger partial charge in [0.15, 0.2) is 0 Å².